The molecule has 20 heavy (non-hydrogen) atoms. The predicted octanol–water partition coefficient (Wildman–Crippen LogP) is 3.51. The van der Waals surface area contributed by atoms with Gasteiger partial charge in [0.1, 0.15) is 5.69 Å². The second-order valence-electron chi connectivity index (χ2n) is 4.19. The molecule has 3 rings (SSSR count). The van der Waals surface area contributed by atoms with Gasteiger partial charge in [0.2, 0.25) is 0 Å². The third-order valence-corrected chi connectivity index (χ3v) is 3.40. The molecule has 0 unspecified atom stereocenters. The summed E-state index contributed by atoms with van der Waals surface area (Å²) in [5.74, 6) is 0.680. The van der Waals surface area contributed by atoms with Crippen LogP contribution in [0.5, 0.6) is 0 Å². The van der Waals surface area contributed by atoms with Crippen LogP contribution in [0.1, 0.15) is 10.4 Å². The largest absolute Gasteiger partial charge is 0.298 e. The van der Waals surface area contributed by atoms with Crippen molar-refractivity contribution in [3.63, 3.8) is 0 Å². The van der Waals surface area contributed by atoms with Crippen molar-refractivity contribution in [1.82, 2.24) is 14.8 Å². The van der Waals surface area contributed by atoms with Crippen LogP contribution in [0, 0.1) is 0 Å². The number of benzene rings is 1. The maximum atomic E-state index is 11.2. The lowest BCUT2D eigenvalue weighted by Gasteiger charge is -1.99. The molecule has 0 aliphatic carbocycles. The summed E-state index contributed by atoms with van der Waals surface area (Å²) < 4.78 is 2.60. The lowest BCUT2D eigenvalue weighted by molar-refractivity contribution is 0.112. The Kier molecular flexibility index (Phi) is 3.43. The molecule has 4 nitrogen and oxygen atoms in total. The van der Waals surface area contributed by atoms with E-state index in [1.165, 1.54) is 0 Å². The average molecular weight is 328 g/mol. The molecule has 0 saturated carbocycles. The van der Waals surface area contributed by atoms with Crippen LogP contribution in [-0.2, 0) is 0 Å². The maximum Gasteiger partial charge on any atom is 0.153 e. The molecule has 98 valence electrons. The summed E-state index contributed by atoms with van der Waals surface area (Å²) in [5.41, 5.74) is 2.08. The molecule has 0 aliphatic heterocycles. The molecule has 0 spiro atoms. The highest BCUT2D eigenvalue weighted by atomic mass is 79.9. The molecule has 0 fully saturated rings. The minimum atomic E-state index is 0.540. The van der Waals surface area contributed by atoms with Crippen molar-refractivity contribution >= 4 is 22.2 Å². The summed E-state index contributed by atoms with van der Waals surface area (Å²) >= 11 is 3.39. The van der Waals surface area contributed by atoms with Crippen LogP contribution in [0.2, 0.25) is 0 Å². The fourth-order valence-electron chi connectivity index (χ4n) is 1.91. The van der Waals surface area contributed by atoms with Crippen molar-refractivity contribution in [3.8, 4) is 17.1 Å². The maximum absolute atomic E-state index is 11.2. The third kappa shape index (κ3) is 2.40. The summed E-state index contributed by atoms with van der Waals surface area (Å²) in [6, 6.07) is 13.2. The van der Waals surface area contributed by atoms with E-state index in [-0.39, 0.29) is 0 Å². The summed E-state index contributed by atoms with van der Waals surface area (Å²) in [6.45, 7) is 0. The SMILES string of the molecule is O=Cc1cn(-c2ccccn2)nc1-c1ccc(Br)cc1. The Hall–Kier alpha value is -2.27. The summed E-state index contributed by atoms with van der Waals surface area (Å²) in [7, 11) is 0. The van der Waals surface area contributed by atoms with Gasteiger partial charge >= 0.3 is 0 Å². The highest BCUT2D eigenvalue weighted by Crippen LogP contribution is 2.23. The van der Waals surface area contributed by atoms with E-state index in [4.69, 9.17) is 0 Å². The molecular weight excluding hydrogens is 318 g/mol. The second kappa shape index (κ2) is 5.38. The van der Waals surface area contributed by atoms with Gasteiger partial charge in [0.05, 0.1) is 5.56 Å². The quantitative estimate of drug-likeness (QED) is 0.691. The minimum Gasteiger partial charge on any atom is -0.298 e. The molecule has 3 aromatic rings. The van der Waals surface area contributed by atoms with Crippen molar-refractivity contribution in [2.24, 2.45) is 0 Å². The Bertz CT molecular complexity index is 736. The number of halogens is 1. The van der Waals surface area contributed by atoms with Crippen molar-refractivity contribution in [2.75, 3.05) is 0 Å². The number of hydrogen-bond donors (Lipinski definition) is 0. The number of aldehydes is 1. The molecule has 0 N–H and O–H groups in total. The molecule has 0 radical (unpaired) electrons. The zero-order valence-electron chi connectivity index (χ0n) is 10.4. The Morgan fingerprint density at radius 1 is 1.10 bits per heavy atom. The van der Waals surface area contributed by atoms with Crippen LogP contribution in [0.3, 0.4) is 0 Å². The normalized spacial score (nSPS) is 10.4. The molecule has 0 aliphatic rings. The lowest BCUT2D eigenvalue weighted by Crippen LogP contribution is -1.97. The fraction of sp³-hybridized carbons (Fsp3) is 0. The molecule has 0 saturated heterocycles. The Morgan fingerprint density at radius 2 is 1.90 bits per heavy atom. The van der Waals surface area contributed by atoms with Gasteiger partial charge < -0.3 is 0 Å². The smallest absolute Gasteiger partial charge is 0.153 e. The highest BCUT2D eigenvalue weighted by molar-refractivity contribution is 9.10. The second-order valence-corrected chi connectivity index (χ2v) is 5.11. The van der Waals surface area contributed by atoms with Crippen LogP contribution >= 0.6 is 15.9 Å². The molecule has 0 bridgehead atoms. The number of carbonyl (C=O) groups is 1. The summed E-state index contributed by atoms with van der Waals surface area (Å²) in [5, 5.41) is 4.46. The van der Waals surface area contributed by atoms with Gasteiger partial charge in [0.25, 0.3) is 0 Å². The van der Waals surface area contributed by atoms with E-state index < -0.39 is 0 Å². The highest BCUT2D eigenvalue weighted by Gasteiger charge is 2.11. The van der Waals surface area contributed by atoms with Gasteiger partial charge in [-0.1, -0.05) is 34.1 Å². The first kappa shape index (κ1) is 12.7. The molecular formula is C15H10BrN3O. The molecule has 5 heteroatoms. The Balaban J connectivity index is 2.10. The number of hydrogen-bond acceptors (Lipinski definition) is 3. The lowest BCUT2D eigenvalue weighted by atomic mass is 10.1. The number of carbonyl (C=O) groups excluding carboxylic acids is 1. The van der Waals surface area contributed by atoms with Crippen molar-refractivity contribution in [2.45, 2.75) is 0 Å². The van der Waals surface area contributed by atoms with Crippen LogP contribution in [0.15, 0.2) is 59.3 Å². The summed E-state index contributed by atoms with van der Waals surface area (Å²) in [6.07, 6.45) is 4.19. The minimum absolute atomic E-state index is 0.540. The van der Waals surface area contributed by atoms with Gasteiger partial charge in [-0.25, -0.2) is 9.67 Å². The van der Waals surface area contributed by atoms with Crippen LogP contribution in [-0.4, -0.2) is 21.1 Å². The van der Waals surface area contributed by atoms with Crippen LogP contribution in [0.25, 0.3) is 17.1 Å². The van der Waals surface area contributed by atoms with Crippen LogP contribution < -0.4 is 0 Å². The van der Waals surface area contributed by atoms with Gasteiger partial charge in [-0.2, -0.15) is 5.10 Å². The van der Waals surface area contributed by atoms with E-state index in [2.05, 4.69) is 26.0 Å². The van der Waals surface area contributed by atoms with Crippen molar-refractivity contribution in [1.29, 1.82) is 0 Å². The number of pyridine rings is 1. The average Bonchev–Trinajstić information content (AvgIpc) is 2.93. The van der Waals surface area contributed by atoms with E-state index in [0.717, 1.165) is 16.3 Å². The van der Waals surface area contributed by atoms with E-state index in [1.807, 2.05) is 42.5 Å². The van der Waals surface area contributed by atoms with Crippen LogP contribution in [0.4, 0.5) is 0 Å². The first-order chi connectivity index (χ1) is 9.78. The zero-order chi connectivity index (χ0) is 13.9. The monoisotopic (exact) mass is 327 g/mol. The van der Waals surface area contributed by atoms with E-state index in [9.17, 15) is 4.79 Å². The van der Waals surface area contributed by atoms with E-state index in [0.29, 0.717) is 17.1 Å². The first-order valence-electron chi connectivity index (χ1n) is 6.00. The molecule has 0 amide bonds. The zero-order valence-corrected chi connectivity index (χ0v) is 12.0. The molecule has 2 aromatic heterocycles. The van der Waals surface area contributed by atoms with Gasteiger partial charge in [-0.15, -0.1) is 0 Å². The summed E-state index contributed by atoms with van der Waals surface area (Å²) in [4.78, 5) is 15.5. The van der Waals surface area contributed by atoms with E-state index >= 15 is 0 Å². The fourth-order valence-corrected chi connectivity index (χ4v) is 2.18. The van der Waals surface area contributed by atoms with Crippen molar-refractivity contribution < 1.29 is 4.79 Å². The van der Waals surface area contributed by atoms with Gasteiger partial charge in [0.15, 0.2) is 12.1 Å². The number of rotatable bonds is 3. The number of nitrogens with zero attached hydrogens (tertiary/aromatic N) is 3. The van der Waals surface area contributed by atoms with Crippen molar-refractivity contribution in [3.05, 3.63) is 64.9 Å². The van der Waals surface area contributed by atoms with Gasteiger partial charge in [0, 0.05) is 22.4 Å². The number of aromatic nitrogens is 3. The predicted molar refractivity (Wildman–Crippen MR) is 79.9 cm³/mol. The third-order valence-electron chi connectivity index (χ3n) is 2.87. The Labute approximate surface area is 124 Å². The molecule has 1 aromatic carbocycles. The topological polar surface area (TPSA) is 47.8 Å². The Morgan fingerprint density at radius 3 is 2.55 bits per heavy atom. The standard InChI is InChI=1S/C15H10BrN3O/c16-13-6-4-11(5-7-13)15-12(10-20)9-19(18-15)14-3-1-2-8-17-14/h1-10H. The molecule has 0 atom stereocenters. The van der Waals surface area contributed by atoms with E-state index in [1.54, 1.807) is 17.1 Å². The van der Waals surface area contributed by atoms with Gasteiger partial charge in [-0.3, -0.25) is 4.79 Å². The molecule has 2 heterocycles. The van der Waals surface area contributed by atoms with Gasteiger partial charge in [-0.05, 0) is 24.3 Å². The first-order valence-corrected chi connectivity index (χ1v) is 6.79.